The Morgan fingerprint density at radius 1 is 1.23 bits per heavy atom. The van der Waals surface area contributed by atoms with Crippen LogP contribution in [0, 0.1) is 0 Å². The number of carbonyl (C=O) groups is 1. The number of hydrogen-bond donors (Lipinski definition) is 3. The number of nitrogens with zero attached hydrogens (tertiary/aromatic N) is 2. The predicted molar refractivity (Wildman–Crippen MR) is 111 cm³/mol. The van der Waals surface area contributed by atoms with Crippen LogP contribution in [0.25, 0.3) is 0 Å². The van der Waals surface area contributed by atoms with Crippen molar-refractivity contribution < 1.29 is 28.2 Å². The summed E-state index contributed by atoms with van der Waals surface area (Å²) in [6.45, 7) is 5.92. The number of amides is 1. The Morgan fingerprint density at radius 2 is 1.87 bits per heavy atom. The third kappa shape index (κ3) is 10.2. The van der Waals surface area contributed by atoms with Crippen molar-refractivity contribution >= 4 is 12.1 Å². The average molecular weight is 430 g/mol. The van der Waals surface area contributed by atoms with Crippen LogP contribution < -0.4 is 15.4 Å². The summed E-state index contributed by atoms with van der Waals surface area (Å²) in [6.07, 6.45) is -1.33. The molecule has 1 aromatic carbocycles. The number of aliphatic hydroxyl groups excluding tert-OH is 1. The highest BCUT2D eigenvalue weighted by atomic mass is 19.3. The van der Waals surface area contributed by atoms with Gasteiger partial charge in [-0.1, -0.05) is 12.1 Å². The first-order valence-electron chi connectivity index (χ1n) is 9.71. The Balaban J connectivity index is 2.55. The fourth-order valence-electron chi connectivity index (χ4n) is 2.27. The fraction of sp³-hybridized carbons (Fsp3) is 0.600. The zero-order valence-electron chi connectivity index (χ0n) is 18.1. The first-order valence-corrected chi connectivity index (χ1v) is 9.71. The van der Waals surface area contributed by atoms with Crippen LogP contribution in [0.5, 0.6) is 5.75 Å². The number of alkyl halides is 2. The number of carbonyl (C=O) groups excluding carboxylic acids is 1. The van der Waals surface area contributed by atoms with E-state index in [0.717, 1.165) is 0 Å². The molecule has 0 heterocycles. The maximum absolute atomic E-state index is 12.2. The minimum atomic E-state index is -2.89. The normalized spacial score (nSPS) is 13.0. The van der Waals surface area contributed by atoms with E-state index in [1.54, 1.807) is 27.8 Å². The Labute approximate surface area is 176 Å². The minimum Gasteiger partial charge on any atom is -0.444 e. The summed E-state index contributed by atoms with van der Waals surface area (Å²) < 4.78 is 34.0. The van der Waals surface area contributed by atoms with Gasteiger partial charge in [0.05, 0.1) is 12.6 Å². The van der Waals surface area contributed by atoms with Crippen LogP contribution in [-0.4, -0.2) is 67.5 Å². The molecule has 0 aromatic heterocycles. The predicted octanol–water partition coefficient (Wildman–Crippen LogP) is 2.74. The molecule has 10 heteroatoms. The lowest BCUT2D eigenvalue weighted by molar-refractivity contribution is -0.0498. The van der Waals surface area contributed by atoms with Gasteiger partial charge in [-0.05, 0) is 45.4 Å². The highest BCUT2D eigenvalue weighted by molar-refractivity contribution is 5.79. The molecule has 170 valence electrons. The molecule has 1 amide bonds. The standard InChI is InChI=1S/C20H32F2N4O4/c1-6-23-18(24-11-12-26(5)19(28)30-20(2,3)4)25-13-16(27)14-7-9-15(10-8-14)29-17(21)22/h7-10,16-17,27H,6,11-13H2,1-5H3,(H2,23,24,25). The number of ether oxygens (including phenoxy) is 2. The van der Waals surface area contributed by atoms with Crippen LogP contribution in [0.3, 0.4) is 0 Å². The summed E-state index contributed by atoms with van der Waals surface area (Å²) in [5, 5.41) is 16.4. The van der Waals surface area contributed by atoms with Gasteiger partial charge in [0, 0.05) is 26.7 Å². The van der Waals surface area contributed by atoms with E-state index in [2.05, 4.69) is 20.4 Å². The number of guanidine groups is 1. The van der Waals surface area contributed by atoms with Crippen molar-refractivity contribution in [3.8, 4) is 5.75 Å². The zero-order valence-corrected chi connectivity index (χ0v) is 18.1. The van der Waals surface area contributed by atoms with Crippen molar-refractivity contribution in [1.82, 2.24) is 15.5 Å². The summed E-state index contributed by atoms with van der Waals surface area (Å²) in [4.78, 5) is 17.7. The second-order valence-electron chi connectivity index (χ2n) is 7.51. The lowest BCUT2D eigenvalue weighted by Crippen LogP contribution is -2.43. The van der Waals surface area contributed by atoms with Crippen LogP contribution in [0.2, 0.25) is 0 Å². The topological polar surface area (TPSA) is 95.4 Å². The van der Waals surface area contributed by atoms with E-state index in [1.807, 2.05) is 6.92 Å². The highest BCUT2D eigenvalue weighted by Gasteiger charge is 2.19. The lowest BCUT2D eigenvalue weighted by Gasteiger charge is -2.25. The lowest BCUT2D eigenvalue weighted by atomic mass is 10.1. The van der Waals surface area contributed by atoms with Crippen LogP contribution in [0.1, 0.15) is 39.4 Å². The van der Waals surface area contributed by atoms with Crippen molar-refractivity contribution in [2.45, 2.75) is 46.0 Å². The molecule has 0 fully saturated rings. The van der Waals surface area contributed by atoms with Gasteiger partial charge < -0.3 is 30.1 Å². The number of rotatable bonds is 9. The molecule has 0 aliphatic rings. The highest BCUT2D eigenvalue weighted by Crippen LogP contribution is 2.19. The molecule has 3 N–H and O–H groups in total. The quantitative estimate of drug-likeness (QED) is 0.412. The Hall–Kier alpha value is -2.62. The summed E-state index contributed by atoms with van der Waals surface area (Å²) in [7, 11) is 1.64. The minimum absolute atomic E-state index is 0.0218. The second kappa shape index (κ2) is 12.2. The molecule has 8 nitrogen and oxygen atoms in total. The van der Waals surface area contributed by atoms with Gasteiger partial charge in [0.15, 0.2) is 5.96 Å². The van der Waals surface area contributed by atoms with E-state index < -0.39 is 24.4 Å². The molecule has 1 unspecified atom stereocenters. The smallest absolute Gasteiger partial charge is 0.410 e. The van der Waals surface area contributed by atoms with Crippen LogP contribution >= 0.6 is 0 Å². The molecule has 0 bridgehead atoms. The maximum Gasteiger partial charge on any atom is 0.410 e. The molecule has 1 atom stereocenters. The first kappa shape index (κ1) is 25.4. The fourth-order valence-corrected chi connectivity index (χ4v) is 2.27. The molecule has 30 heavy (non-hydrogen) atoms. The van der Waals surface area contributed by atoms with Gasteiger partial charge in [-0.25, -0.2) is 4.79 Å². The second-order valence-corrected chi connectivity index (χ2v) is 7.51. The van der Waals surface area contributed by atoms with Crippen LogP contribution in [0.4, 0.5) is 13.6 Å². The van der Waals surface area contributed by atoms with Crippen molar-refractivity contribution in [2.24, 2.45) is 4.99 Å². The van der Waals surface area contributed by atoms with E-state index in [9.17, 15) is 18.7 Å². The summed E-state index contributed by atoms with van der Waals surface area (Å²) in [6, 6.07) is 5.75. The van der Waals surface area contributed by atoms with Crippen molar-refractivity contribution in [2.75, 3.05) is 33.2 Å². The van der Waals surface area contributed by atoms with Gasteiger partial charge in [0.2, 0.25) is 0 Å². The zero-order chi connectivity index (χ0) is 22.7. The molecular weight excluding hydrogens is 398 g/mol. The molecule has 0 aliphatic carbocycles. The largest absolute Gasteiger partial charge is 0.444 e. The number of benzene rings is 1. The number of aliphatic hydroxyl groups is 1. The van der Waals surface area contributed by atoms with Crippen molar-refractivity contribution in [3.63, 3.8) is 0 Å². The van der Waals surface area contributed by atoms with E-state index in [1.165, 1.54) is 29.2 Å². The summed E-state index contributed by atoms with van der Waals surface area (Å²) >= 11 is 0. The van der Waals surface area contributed by atoms with E-state index in [0.29, 0.717) is 31.2 Å². The molecule has 0 saturated carbocycles. The Bertz CT molecular complexity index is 678. The van der Waals surface area contributed by atoms with Gasteiger partial charge in [-0.15, -0.1) is 0 Å². The number of halogens is 2. The first-order chi connectivity index (χ1) is 14.0. The van der Waals surface area contributed by atoms with Gasteiger partial charge in [-0.3, -0.25) is 4.99 Å². The molecule has 0 radical (unpaired) electrons. The van der Waals surface area contributed by atoms with E-state index in [-0.39, 0.29) is 12.3 Å². The SMILES string of the molecule is CCNC(=NCC(O)c1ccc(OC(F)F)cc1)NCCN(C)C(=O)OC(C)(C)C. The van der Waals surface area contributed by atoms with E-state index >= 15 is 0 Å². The van der Waals surface area contributed by atoms with E-state index in [4.69, 9.17) is 4.74 Å². The van der Waals surface area contributed by atoms with Crippen LogP contribution in [-0.2, 0) is 4.74 Å². The maximum atomic E-state index is 12.2. The molecule has 0 saturated heterocycles. The number of nitrogens with one attached hydrogen (secondary N) is 2. The summed E-state index contributed by atoms with van der Waals surface area (Å²) in [5.41, 5.74) is -0.0319. The third-order valence-corrected chi connectivity index (χ3v) is 3.70. The van der Waals surface area contributed by atoms with Gasteiger partial charge in [0.1, 0.15) is 11.4 Å². The monoisotopic (exact) mass is 430 g/mol. The summed E-state index contributed by atoms with van der Waals surface area (Å²) in [5.74, 6) is 0.500. The van der Waals surface area contributed by atoms with Crippen molar-refractivity contribution in [1.29, 1.82) is 0 Å². The molecule has 0 spiro atoms. The Morgan fingerprint density at radius 3 is 2.40 bits per heavy atom. The molecular formula is C20H32F2N4O4. The molecule has 0 aliphatic heterocycles. The van der Waals surface area contributed by atoms with Gasteiger partial charge in [0.25, 0.3) is 0 Å². The third-order valence-electron chi connectivity index (χ3n) is 3.70. The van der Waals surface area contributed by atoms with Gasteiger partial charge >= 0.3 is 12.7 Å². The Kier molecular flexibility index (Phi) is 10.3. The molecule has 1 rings (SSSR count). The van der Waals surface area contributed by atoms with Gasteiger partial charge in [-0.2, -0.15) is 8.78 Å². The average Bonchev–Trinajstić information content (AvgIpc) is 2.64. The van der Waals surface area contributed by atoms with Crippen molar-refractivity contribution in [3.05, 3.63) is 29.8 Å². The number of hydrogen-bond acceptors (Lipinski definition) is 5. The number of aliphatic imine (C=N–C) groups is 1. The molecule has 1 aromatic rings. The van der Waals surface area contributed by atoms with Crippen LogP contribution in [0.15, 0.2) is 29.3 Å². The number of likely N-dealkylation sites (N-methyl/N-ethyl adjacent to an activating group) is 1.